The number of aryl methyl sites for hydroxylation is 2. The van der Waals surface area contributed by atoms with Crippen molar-refractivity contribution in [3.63, 3.8) is 0 Å². The summed E-state index contributed by atoms with van der Waals surface area (Å²) in [6.07, 6.45) is -1.55. The molecule has 1 unspecified atom stereocenters. The van der Waals surface area contributed by atoms with Gasteiger partial charge in [0, 0.05) is 37.8 Å². The maximum atomic E-state index is 13.6. The molecule has 0 radical (unpaired) electrons. The van der Waals surface area contributed by atoms with E-state index in [1.165, 1.54) is 15.3 Å². The number of nitrogens with zero attached hydrogens (tertiary/aromatic N) is 3. The number of hydrogen-bond acceptors (Lipinski definition) is 7. The number of piperidine rings is 1. The van der Waals surface area contributed by atoms with Gasteiger partial charge < -0.3 is 20.1 Å². The van der Waals surface area contributed by atoms with E-state index in [-0.39, 0.29) is 67.8 Å². The van der Waals surface area contributed by atoms with Gasteiger partial charge in [-0.2, -0.15) is 13.2 Å². The topological polar surface area (TPSA) is 112 Å². The van der Waals surface area contributed by atoms with E-state index in [9.17, 15) is 31.5 Å². The molecule has 1 fully saturated rings. The lowest BCUT2D eigenvalue weighted by molar-refractivity contribution is -0.137. The number of likely N-dealkylation sites (N-methyl/N-ethyl adjacent to an activating group) is 1. The van der Waals surface area contributed by atoms with Gasteiger partial charge in [-0.3, -0.25) is 4.79 Å². The molecule has 0 bridgehead atoms. The zero-order chi connectivity index (χ0) is 33.0. The van der Waals surface area contributed by atoms with Crippen molar-refractivity contribution in [3.8, 4) is 5.75 Å². The number of carbonyl (C=O) groups is 1. The number of aliphatic hydroxyl groups excluding tert-OH is 1. The normalized spacial score (nSPS) is 18.3. The van der Waals surface area contributed by atoms with Gasteiger partial charge in [0.25, 0.3) is 5.91 Å². The fraction of sp³-hybridized carbons (Fsp3) is 0.438. The van der Waals surface area contributed by atoms with Crippen LogP contribution in [0.1, 0.15) is 51.9 Å². The molecular weight excluding hydrogens is 609 g/mol. The van der Waals surface area contributed by atoms with Crippen molar-refractivity contribution in [3.05, 3.63) is 89.5 Å². The van der Waals surface area contributed by atoms with Crippen molar-refractivity contribution in [1.29, 1.82) is 0 Å². The third kappa shape index (κ3) is 7.95. The largest absolute Gasteiger partial charge is 0.493 e. The van der Waals surface area contributed by atoms with Crippen LogP contribution in [-0.2, 0) is 22.6 Å². The number of amides is 1. The smallest absolute Gasteiger partial charge is 0.416 e. The van der Waals surface area contributed by atoms with Gasteiger partial charge in [0.2, 0.25) is 10.0 Å². The Bertz CT molecular complexity index is 1570. The predicted molar refractivity (Wildman–Crippen MR) is 167 cm³/mol. The first-order valence-electron chi connectivity index (χ1n) is 14.6. The summed E-state index contributed by atoms with van der Waals surface area (Å²) in [6, 6.07) is 8.50. The summed E-state index contributed by atoms with van der Waals surface area (Å²) in [7, 11) is -1.98. The average Bonchev–Trinajstić information content (AvgIpc) is 3.31. The fourth-order valence-corrected chi connectivity index (χ4v) is 6.96. The van der Waals surface area contributed by atoms with Crippen LogP contribution < -0.4 is 10.1 Å². The molecule has 2 aromatic carbocycles. The second-order valence-electron chi connectivity index (χ2n) is 11.4. The lowest BCUT2D eigenvalue weighted by Crippen LogP contribution is -2.58. The summed E-state index contributed by atoms with van der Waals surface area (Å²) in [4.78, 5) is 18.3. The Morgan fingerprint density at radius 1 is 1.20 bits per heavy atom. The van der Waals surface area contributed by atoms with Gasteiger partial charge in [0.05, 0.1) is 23.5 Å². The van der Waals surface area contributed by atoms with E-state index >= 15 is 0 Å². The van der Waals surface area contributed by atoms with Crippen LogP contribution in [0.5, 0.6) is 5.75 Å². The van der Waals surface area contributed by atoms with Gasteiger partial charge >= 0.3 is 6.18 Å². The maximum absolute atomic E-state index is 13.6. The molecule has 13 heteroatoms. The van der Waals surface area contributed by atoms with Gasteiger partial charge in [-0.1, -0.05) is 18.2 Å². The molecule has 1 spiro atoms. The molecule has 9 nitrogen and oxygen atoms in total. The molecule has 2 N–H and O–H groups in total. The number of rotatable bonds is 12. The quantitative estimate of drug-likeness (QED) is 0.262. The minimum atomic E-state index is -4.62. The molecule has 2 aromatic rings. The Labute approximate surface area is 262 Å². The summed E-state index contributed by atoms with van der Waals surface area (Å²) < 4.78 is 74.3. The van der Waals surface area contributed by atoms with Crippen LogP contribution in [-0.4, -0.2) is 85.3 Å². The van der Waals surface area contributed by atoms with E-state index in [1.54, 1.807) is 37.4 Å². The van der Waals surface area contributed by atoms with Crippen LogP contribution in [0.3, 0.4) is 0 Å². The van der Waals surface area contributed by atoms with Crippen LogP contribution in [0.15, 0.2) is 66.7 Å². The Kier molecular flexibility index (Phi) is 10.5. The van der Waals surface area contributed by atoms with E-state index in [0.29, 0.717) is 18.5 Å². The first kappa shape index (κ1) is 34.2. The van der Waals surface area contributed by atoms with Gasteiger partial charge in [-0.25, -0.2) is 17.7 Å². The monoisotopic (exact) mass is 648 g/mol. The number of aliphatic imine (C=N–C) groups is 1. The third-order valence-electron chi connectivity index (χ3n) is 8.19. The number of ether oxygens (including phenoxy) is 1. The minimum Gasteiger partial charge on any atom is -0.493 e. The van der Waals surface area contributed by atoms with E-state index in [0.717, 1.165) is 23.3 Å². The van der Waals surface area contributed by atoms with Crippen molar-refractivity contribution in [2.45, 2.75) is 50.6 Å². The first-order chi connectivity index (χ1) is 21.2. The molecule has 2 aliphatic heterocycles. The molecule has 1 atom stereocenters. The molecule has 0 saturated carbocycles. The highest BCUT2D eigenvalue weighted by molar-refractivity contribution is 7.89. The van der Waals surface area contributed by atoms with E-state index in [4.69, 9.17) is 4.74 Å². The molecule has 244 valence electrons. The van der Waals surface area contributed by atoms with Crippen LogP contribution in [0.2, 0.25) is 0 Å². The van der Waals surface area contributed by atoms with Gasteiger partial charge in [-0.15, -0.1) is 13.2 Å². The molecule has 4 rings (SSSR count). The molecule has 45 heavy (non-hydrogen) atoms. The SMILES string of the molecule is C=CCCOc1cc(C2=NC(O)C3(CCN(S(=O)(=O)CCc4ccc(C(=O)N(C)CC=C)cc4C)CC3)N2)cc(C(F)(F)F)c1. The number of amidine groups is 1. The first-order valence-corrected chi connectivity index (χ1v) is 16.2. The number of sulfonamides is 1. The molecular formula is C32H39F3N4O5S. The van der Waals surface area contributed by atoms with E-state index in [2.05, 4.69) is 23.5 Å². The summed E-state index contributed by atoms with van der Waals surface area (Å²) in [5.74, 6) is -0.189. The van der Waals surface area contributed by atoms with E-state index in [1.807, 2.05) is 6.92 Å². The maximum Gasteiger partial charge on any atom is 0.416 e. The van der Waals surface area contributed by atoms with Crippen LogP contribution in [0.4, 0.5) is 13.2 Å². The summed E-state index contributed by atoms with van der Waals surface area (Å²) >= 11 is 0. The molecule has 0 aliphatic carbocycles. The van der Waals surface area contributed by atoms with Crippen LogP contribution >= 0.6 is 0 Å². The second kappa shape index (κ2) is 13.8. The number of aliphatic hydroxyl groups is 1. The minimum absolute atomic E-state index is 0.0130. The summed E-state index contributed by atoms with van der Waals surface area (Å²) in [5, 5.41) is 14.0. The lowest BCUT2D eigenvalue weighted by atomic mass is 9.87. The van der Waals surface area contributed by atoms with Crippen molar-refractivity contribution < 1.29 is 36.2 Å². The average molecular weight is 649 g/mol. The Hall–Kier alpha value is -3.68. The molecule has 2 aliphatic rings. The Morgan fingerprint density at radius 2 is 1.91 bits per heavy atom. The van der Waals surface area contributed by atoms with Gasteiger partial charge in [-0.05, 0) is 74.1 Å². The number of nitrogens with one attached hydrogen (secondary N) is 1. The highest BCUT2D eigenvalue weighted by Gasteiger charge is 2.47. The number of benzene rings is 2. The van der Waals surface area contributed by atoms with Crippen LogP contribution in [0, 0.1) is 6.92 Å². The summed E-state index contributed by atoms with van der Waals surface area (Å²) in [6.45, 7) is 9.83. The molecule has 0 aromatic heterocycles. The standard InChI is InChI=1S/C32H39F3N4O5S/c1-5-7-16-44-27-20-25(19-26(21-27)32(33,34)35)28-36-30(41)31(37-28)11-14-39(15-12-31)45(42,43)17-10-23-8-9-24(18-22(23)3)29(40)38(4)13-6-2/h5-6,8-9,18-21,30,41H,1-2,7,10-17H2,3-4H3,(H,36,37). The Balaban J connectivity index is 1.40. The molecule has 1 amide bonds. The van der Waals surface area contributed by atoms with Gasteiger partial charge in [0.1, 0.15) is 11.6 Å². The highest BCUT2D eigenvalue weighted by Crippen LogP contribution is 2.36. The number of alkyl halides is 3. The van der Waals surface area contributed by atoms with Crippen molar-refractivity contribution in [2.75, 3.05) is 39.0 Å². The van der Waals surface area contributed by atoms with Crippen molar-refractivity contribution in [1.82, 2.24) is 14.5 Å². The fourth-order valence-electron chi connectivity index (χ4n) is 5.49. The van der Waals surface area contributed by atoms with Crippen molar-refractivity contribution in [2.24, 2.45) is 4.99 Å². The highest BCUT2D eigenvalue weighted by atomic mass is 32.2. The number of hydrogen-bond donors (Lipinski definition) is 2. The second-order valence-corrected chi connectivity index (χ2v) is 13.5. The Morgan fingerprint density at radius 3 is 2.53 bits per heavy atom. The number of carbonyl (C=O) groups excluding carboxylic acids is 1. The van der Waals surface area contributed by atoms with E-state index < -0.39 is 33.5 Å². The lowest BCUT2D eigenvalue weighted by Gasteiger charge is -2.40. The molecule has 1 saturated heterocycles. The summed E-state index contributed by atoms with van der Waals surface area (Å²) in [5.41, 5.74) is 0.320. The number of halogens is 3. The zero-order valence-corrected chi connectivity index (χ0v) is 26.3. The van der Waals surface area contributed by atoms with Crippen LogP contribution in [0.25, 0.3) is 0 Å². The zero-order valence-electron chi connectivity index (χ0n) is 25.4. The van der Waals surface area contributed by atoms with Gasteiger partial charge in [0.15, 0.2) is 6.23 Å². The van der Waals surface area contributed by atoms with Crippen molar-refractivity contribution >= 4 is 21.8 Å². The molecule has 2 heterocycles. The predicted octanol–water partition coefficient (Wildman–Crippen LogP) is 4.30. The third-order valence-corrected chi connectivity index (χ3v) is 10.1.